The third-order valence-electron chi connectivity index (χ3n) is 4.46. The second kappa shape index (κ2) is 8.65. The van der Waals surface area contributed by atoms with Crippen LogP contribution < -0.4 is 0 Å². The topological polar surface area (TPSA) is 59.0 Å². The minimum Gasteiger partial charge on any atom is -0.461 e. The smallest absolute Gasteiger partial charge is 0.308 e. The van der Waals surface area contributed by atoms with E-state index < -0.39 is 6.04 Å². The van der Waals surface area contributed by atoms with Crippen molar-refractivity contribution < 1.29 is 14.3 Å². The van der Waals surface area contributed by atoms with Gasteiger partial charge in [-0.1, -0.05) is 59.7 Å². The Balaban J connectivity index is 1.81. The van der Waals surface area contributed by atoms with Gasteiger partial charge in [-0.05, 0) is 31.9 Å². The second-order valence-corrected chi connectivity index (χ2v) is 7.15. The SMILES string of the molecule is CC(C)=CC(=O)N1N=Cc2cc(C)ccc2C1CC(=O)OCc1ccccc1. The van der Waals surface area contributed by atoms with Gasteiger partial charge in [-0.25, -0.2) is 5.01 Å². The van der Waals surface area contributed by atoms with E-state index in [0.717, 1.165) is 27.8 Å². The first-order valence-corrected chi connectivity index (χ1v) is 9.26. The lowest BCUT2D eigenvalue weighted by Crippen LogP contribution is -2.34. The molecule has 1 unspecified atom stereocenters. The van der Waals surface area contributed by atoms with Crippen LogP contribution in [0.4, 0.5) is 0 Å². The number of carbonyl (C=O) groups is 2. The average Bonchev–Trinajstić information content (AvgIpc) is 2.66. The Morgan fingerprint density at radius 3 is 2.61 bits per heavy atom. The van der Waals surface area contributed by atoms with Gasteiger partial charge < -0.3 is 4.74 Å². The Hall–Kier alpha value is -3.21. The summed E-state index contributed by atoms with van der Waals surface area (Å²) in [6.45, 7) is 5.91. The Morgan fingerprint density at radius 2 is 1.89 bits per heavy atom. The lowest BCUT2D eigenvalue weighted by molar-refractivity contribution is -0.147. The molecule has 0 saturated carbocycles. The van der Waals surface area contributed by atoms with Crippen LogP contribution >= 0.6 is 0 Å². The number of benzene rings is 2. The van der Waals surface area contributed by atoms with Crippen LogP contribution in [0.5, 0.6) is 0 Å². The first-order chi connectivity index (χ1) is 13.4. The number of nitrogens with zero attached hydrogens (tertiary/aromatic N) is 2. The van der Waals surface area contributed by atoms with Crippen molar-refractivity contribution in [2.45, 2.75) is 39.8 Å². The van der Waals surface area contributed by atoms with Crippen molar-refractivity contribution in [3.05, 3.63) is 82.4 Å². The predicted octanol–water partition coefficient (Wildman–Crippen LogP) is 4.31. The van der Waals surface area contributed by atoms with E-state index >= 15 is 0 Å². The molecule has 2 aromatic rings. The average molecular weight is 376 g/mol. The molecule has 0 saturated heterocycles. The summed E-state index contributed by atoms with van der Waals surface area (Å²) >= 11 is 0. The molecule has 1 aliphatic heterocycles. The van der Waals surface area contributed by atoms with Crippen molar-refractivity contribution in [1.29, 1.82) is 0 Å². The van der Waals surface area contributed by atoms with Crippen LogP contribution in [-0.2, 0) is 20.9 Å². The van der Waals surface area contributed by atoms with Crippen LogP contribution in [0.2, 0.25) is 0 Å². The van der Waals surface area contributed by atoms with Crippen molar-refractivity contribution in [2.24, 2.45) is 5.10 Å². The first-order valence-electron chi connectivity index (χ1n) is 9.26. The molecule has 5 nitrogen and oxygen atoms in total. The highest BCUT2D eigenvalue weighted by atomic mass is 16.5. The van der Waals surface area contributed by atoms with Crippen molar-refractivity contribution >= 4 is 18.1 Å². The summed E-state index contributed by atoms with van der Waals surface area (Å²) in [5, 5.41) is 5.69. The Bertz CT molecular complexity index is 928. The van der Waals surface area contributed by atoms with Crippen LogP contribution in [0, 0.1) is 6.92 Å². The lowest BCUT2D eigenvalue weighted by atomic mass is 9.95. The zero-order chi connectivity index (χ0) is 20.1. The van der Waals surface area contributed by atoms with Gasteiger partial charge in [0.15, 0.2) is 0 Å². The predicted molar refractivity (Wildman–Crippen MR) is 109 cm³/mol. The van der Waals surface area contributed by atoms with Gasteiger partial charge >= 0.3 is 5.97 Å². The van der Waals surface area contributed by atoms with Gasteiger partial charge in [-0.2, -0.15) is 5.10 Å². The van der Waals surface area contributed by atoms with Crippen molar-refractivity contribution in [2.75, 3.05) is 0 Å². The molecule has 0 N–H and O–H groups in total. The molecular formula is C23H24N2O3. The van der Waals surface area contributed by atoms with E-state index in [0.29, 0.717) is 0 Å². The van der Waals surface area contributed by atoms with Gasteiger partial charge in [0.2, 0.25) is 0 Å². The second-order valence-electron chi connectivity index (χ2n) is 7.15. The van der Waals surface area contributed by atoms with Gasteiger partial charge in [0.05, 0.1) is 18.7 Å². The monoisotopic (exact) mass is 376 g/mol. The van der Waals surface area contributed by atoms with Gasteiger partial charge in [-0.15, -0.1) is 0 Å². The number of amides is 1. The summed E-state index contributed by atoms with van der Waals surface area (Å²) in [4.78, 5) is 25.2. The van der Waals surface area contributed by atoms with E-state index in [-0.39, 0.29) is 24.9 Å². The largest absolute Gasteiger partial charge is 0.461 e. The quantitative estimate of drug-likeness (QED) is 0.577. The number of hydrogen-bond acceptors (Lipinski definition) is 4. The summed E-state index contributed by atoms with van der Waals surface area (Å²) in [7, 11) is 0. The Labute approximate surface area is 165 Å². The molecule has 5 heteroatoms. The molecule has 28 heavy (non-hydrogen) atoms. The van der Waals surface area contributed by atoms with E-state index in [9.17, 15) is 9.59 Å². The summed E-state index contributed by atoms with van der Waals surface area (Å²) in [5.74, 6) is -0.615. The maximum atomic E-state index is 12.6. The molecule has 1 atom stereocenters. The highest BCUT2D eigenvalue weighted by Crippen LogP contribution is 2.32. The molecule has 144 valence electrons. The molecule has 1 amide bonds. The zero-order valence-corrected chi connectivity index (χ0v) is 16.4. The number of ether oxygens (including phenoxy) is 1. The highest BCUT2D eigenvalue weighted by Gasteiger charge is 2.31. The molecule has 0 bridgehead atoms. The number of hydrazone groups is 1. The Kier molecular flexibility index (Phi) is 6.04. The fraction of sp³-hybridized carbons (Fsp3) is 0.261. The van der Waals surface area contributed by atoms with Crippen molar-refractivity contribution in [1.82, 2.24) is 5.01 Å². The van der Waals surface area contributed by atoms with E-state index in [1.807, 2.05) is 69.3 Å². The molecule has 1 aliphatic rings. The van der Waals surface area contributed by atoms with E-state index in [1.54, 1.807) is 6.21 Å². The van der Waals surface area contributed by atoms with Gasteiger partial charge in [-0.3, -0.25) is 9.59 Å². The minimum atomic E-state index is -0.494. The third-order valence-corrected chi connectivity index (χ3v) is 4.46. The lowest BCUT2D eigenvalue weighted by Gasteiger charge is -2.31. The fourth-order valence-electron chi connectivity index (χ4n) is 3.12. The summed E-state index contributed by atoms with van der Waals surface area (Å²) in [6, 6.07) is 15.0. The molecule has 0 aliphatic carbocycles. The number of rotatable bonds is 5. The van der Waals surface area contributed by atoms with Gasteiger partial charge in [0, 0.05) is 11.6 Å². The normalized spacial score (nSPS) is 15.0. The van der Waals surface area contributed by atoms with E-state index in [4.69, 9.17) is 4.74 Å². The zero-order valence-electron chi connectivity index (χ0n) is 16.4. The summed E-state index contributed by atoms with van der Waals surface area (Å²) in [5.41, 5.74) is 4.71. The maximum absolute atomic E-state index is 12.6. The molecule has 0 fully saturated rings. The van der Waals surface area contributed by atoms with Gasteiger partial charge in [0.1, 0.15) is 6.61 Å². The minimum absolute atomic E-state index is 0.0442. The van der Waals surface area contributed by atoms with E-state index in [2.05, 4.69) is 5.10 Å². The van der Waals surface area contributed by atoms with Gasteiger partial charge in [0.25, 0.3) is 5.91 Å². The molecule has 0 radical (unpaired) electrons. The number of fused-ring (bicyclic) bond motifs is 1. The van der Waals surface area contributed by atoms with Crippen LogP contribution in [-0.4, -0.2) is 23.1 Å². The number of esters is 1. The summed E-state index contributed by atoms with van der Waals surface area (Å²) in [6.07, 6.45) is 3.24. The number of aryl methyl sites for hydroxylation is 1. The Morgan fingerprint density at radius 1 is 1.14 bits per heavy atom. The molecule has 0 aromatic heterocycles. The molecule has 3 rings (SSSR count). The molecule has 2 aromatic carbocycles. The van der Waals surface area contributed by atoms with E-state index in [1.165, 1.54) is 11.1 Å². The standard InChI is InChI=1S/C23H24N2O3/c1-16(2)11-22(26)25-21(20-10-9-17(3)12-19(20)14-24-25)13-23(27)28-15-18-7-5-4-6-8-18/h4-12,14,21H,13,15H2,1-3H3. The van der Waals surface area contributed by atoms with Crippen LogP contribution in [0.15, 0.2) is 65.3 Å². The fourth-order valence-corrected chi connectivity index (χ4v) is 3.12. The number of allylic oxidation sites excluding steroid dienone is 1. The number of hydrogen-bond donors (Lipinski definition) is 0. The van der Waals surface area contributed by atoms with Crippen LogP contribution in [0.25, 0.3) is 0 Å². The molecular weight excluding hydrogens is 352 g/mol. The van der Waals surface area contributed by atoms with Crippen molar-refractivity contribution in [3.8, 4) is 0 Å². The maximum Gasteiger partial charge on any atom is 0.308 e. The number of carbonyl (C=O) groups excluding carboxylic acids is 2. The van der Waals surface area contributed by atoms with Crippen LogP contribution in [0.3, 0.4) is 0 Å². The third kappa shape index (κ3) is 4.74. The molecule has 1 heterocycles. The van der Waals surface area contributed by atoms with Crippen LogP contribution in [0.1, 0.15) is 48.6 Å². The first kappa shape index (κ1) is 19.5. The molecule has 0 spiro atoms. The summed E-state index contributed by atoms with van der Waals surface area (Å²) < 4.78 is 5.43. The highest BCUT2D eigenvalue weighted by molar-refractivity contribution is 5.92. The van der Waals surface area contributed by atoms with Crippen molar-refractivity contribution in [3.63, 3.8) is 0 Å².